The van der Waals surface area contributed by atoms with Gasteiger partial charge in [-0.15, -0.1) is 0 Å². The Morgan fingerprint density at radius 3 is 2.31 bits per heavy atom. The highest BCUT2D eigenvalue weighted by molar-refractivity contribution is 5.99. The van der Waals surface area contributed by atoms with Crippen molar-refractivity contribution in [1.82, 2.24) is 15.1 Å². The number of carbonyl (C=O) groups excluding carboxylic acids is 3. The van der Waals surface area contributed by atoms with Gasteiger partial charge in [-0.1, -0.05) is 12.8 Å². The number of piperazine rings is 1. The van der Waals surface area contributed by atoms with Crippen molar-refractivity contribution in [2.75, 3.05) is 44.2 Å². The summed E-state index contributed by atoms with van der Waals surface area (Å²) in [5, 5.41) is 3.06. The van der Waals surface area contributed by atoms with Crippen molar-refractivity contribution < 1.29 is 19.1 Å². The van der Waals surface area contributed by atoms with Crippen molar-refractivity contribution in [1.29, 1.82) is 0 Å². The van der Waals surface area contributed by atoms with Crippen molar-refractivity contribution in [2.45, 2.75) is 70.2 Å². The molecule has 4 fully saturated rings. The highest BCUT2D eigenvalue weighted by Crippen LogP contribution is 2.32. The normalized spacial score (nSPS) is 26.4. The lowest BCUT2D eigenvalue weighted by molar-refractivity contribution is -0.139. The van der Waals surface area contributed by atoms with Crippen molar-refractivity contribution in [2.24, 2.45) is 5.92 Å². The number of Topliss-reactive ketones (excluding diaryl/α,β-unsaturated/α-hetero) is 1. The third-order valence-electron chi connectivity index (χ3n) is 8.36. The van der Waals surface area contributed by atoms with Gasteiger partial charge < -0.3 is 19.9 Å². The number of carbonyl (C=O) groups is 3. The third kappa shape index (κ3) is 4.96. The molecule has 0 aromatic heterocycles. The maximum Gasteiger partial charge on any atom is 0.251 e. The highest BCUT2D eigenvalue weighted by atomic mass is 16.5. The van der Waals surface area contributed by atoms with Gasteiger partial charge in [0.15, 0.2) is 5.78 Å². The molecule has 3 heterocycles. The molecule has 35 heavy (non-hydrogen) atoms. The lowest BCUT2D eigenvalue weighted by Gasteiger charge is -2.38. The zero-order valence-electron chi connectivity index (χ0n) is 20.9. The lowest BCUT2D eigenvalue weighted by atomic mass is 9.95. The molecule has 1 aromatic rings. The van der Waals surface area contributed by atoms with E-state index in [4.69, 9.17) is 4.74 Å². The fourth-order valence-electron chi connectivity index (χ4n) is 6.24. The molecular weight excluding hydrogens is 444 g/mol. The van der Waals surface area contributed by atoms with Crippen LogP contribution in [0.1, 0.15) is 56.3 Å². The summed E-state index contributed by atoms with van der Waals surface area (Å²) in [6, 6.07) is 7.20. The minimum atomic E-state index is -0.596. The predicted molar refractivity (Wildman–Crippen MR) is 133 cm³/mol. The molecule has 1 aromatic carbocycles. The molecule has 190 valence electrons. The molecular formula is C27H38N4O4. The Labute approximate surface area is 207 Å². The van der Waals surface area contributed by atoms with E-state index in [2.05, 4.69) is 29.0 Å². The number of rotatable bonds is 6. The molecule has 1 saturated carbocycles. The SMILES string of the molecule is CC(C)N1CCN(c2ccc(C(=O)N[C@H](C(=O)N3CC[C@H]4OCC(=O)[C@H]43)C3CCCC3)cc2)CC1. The summed E-state index contributed by atoms with van der Waals surface area (Å²) in [5.74, 6) is -0.269. The number of amides is 2. The van der Waals surface area contributed by atoms with E-state index >= 15 is 0 Å². The number of hydrogen-bond acceptors (Lipinski definition) is 6. The van der Waals surface area contributed by atoms with Crippen molar-refractivity contribution in [3.05, 3.63) is 29.8 Å². The molecule has 0 unspecified atom stereocenters. The summed E-state index contributed by atoms with van der Waals surface area (Å²) < 4.78 is 5.57. The van der Waals surface area contributed by atoms with Gasteiger partial charge in [0.05, 0.1) is 6.10 Å². The molecule has 8 heteroatoms. The minimum Gasteiger partial charge on any atom is -0.369 e. The molecule has 3 atom stereocenters. The summed E-state index contributed by atoms with van der Waals surface area (Å²) in [7, 11) is 0. The number of anilines is 1. The number of fused-ring (bicyclic) bond motifs is 1. The average Bonchev–Trinajstić information content (AvgIpc) is 3.62. The first kappa shape index (κ1) is 24.3. The van der Waals surface area contributed by atoms with Crippen LogP contribution in [-0.4, -0.2) is 91.0 Å². The quantitative estimate of drug-likeness (QED) is 0.669. The maximum absolute atomic E-state index is 13.6. The number of nitrogens with one attached hydrogen (secondary N) is 1. The Balaban J connectivity index is 1.25. The number of nitrogens with zero attached hydrogens (tertiary/aromatic N) is 3. The first-order valence-corrected chi connectivity index (χ1v) is 13.3. The van der Waals surface area contributed by atoms with Crippen LogP contribution in [0.3, 0.4) is 0 Å². The Morgan fingerprint density at radius 1 is 0.971 bits per heavy atom. The van der Waals surface area contributed by atoms with Gasteiger partial charge in [-0.05, 0) is 63.3 Å². The van der Waals surface area contributed by atoms with E-state index in [9.17, 15) is 14.4 Å². The Hall–Kier alpha value is -2.45. The molecule has 1 aliphatic carbocycles. The van der Waals surface area contributed by atoms with Gasteiger partial charge in [-0.25, -0.2) is 0 Å². The van der Waals surface area contributed by atoms with E-state index in [0.717, 1.165) is 57.5 Å². The van der Waals surface area contributed by atoms with Gasteiger partial charge in [-0.2, -0.15) is 0 Å². The van der Waals surface area contributed by atoms with E-state index in [1.165, 1.54) is 0 Å². The second kappa shape index (κ2) is 10.3. The van der Waals surface area contributed by atoms with Crippen LogP contribution in [0.25, 0.3) is 0 Å². The molecule has 2 amide bonds. The van der Waals surface area contributed by atoms with E-state index in [0.29, 0.717) is 24.6 Å². The molecule has 0 bridgehead atoms. The van der Waals surface area contributed by atoms with Gasteiger partial charge in [0.2, 0.25) is 5.91 Å². The molecule has 4 aliphatic rings. The van der Waals surface area contributed by atoms with E-state index < -0.39 is 12.1 Å². The first-order chi connectivity index (χ1) is 16.9. The topological polar surface area (TPSA) is 82.2 Å². The van der Waals surface area contributed by atoms with Crippen LogP contribution in [0.5, 0.6) is 0 Å². The van der Waals surface area contributed by atoms with Crippen LogP contribution >= 0.6 is 0 Å². The Kier molecular flexibility index (Phi) is 7.12. The third-order valence-corrected chi connectivity index (χ3v) is 8.36. The van der Waals surface area contributed by atoms with Crippen molar-refractivity contribution in [3.8, 4) is 0 Å². The van der Waals surface area contributed by atoms with Crippen LogP contribution in [-0.2, 0) is 14.3 Å². The van der Waals surface area contributed by atoms with Crippen LogP contribution in [0.2, 0.25) is 0 Å². The number of ketones is 1. The number of hydrogen-bond donors (Lipinski definition) is 1. The molecule has 3 aliphatic heterocycles. The maximum atomic E-state index is 13.6. The van der Waals surface area contributed by atoms with E-state index in [1.54, 1.807) is 4.90 Å². The molecule has 3 saturated heterocycles. The molecule has 1 N–H and O–H groups in total. The summed E-state index contributed by atoms with van der Waals surface area (Å²) >= 11 is 0. The Morgan fingerprint density at radius 2 is 1.66 bits per heavy atom. The van der Waals surface area contributed by atoms with Gasteiger partial charge in [0.1, 0.15) is 18.7 Å². The lowest BCUT2D eigenvalue weighted by Crippen LogP contribution is -2.54. The first-order valence-electron chi connectivity index (χ1n) is 13.3. The second-order valence-corrected chi connectivity index (χ2v) is 10.7. The Bertz CT molecular complexity index is 935. The van der Waals surface area contributed by atoms with Gasteiger partial charge in [0.25, 0.3) is 5.91 Å². The van der Waals surface area contributed by atoms with Gasteiger partial charge >= 0.3 is 0 Å². The van der Waals surface area contributed by atoms with Crippen LogP contribution in [0.15, 0.2) is 24.3 Å². The summed E-state index contributed by atoms with van der Waals surface area (Å²) in [6.07, 6.45) is 4.46. The molecule has 8 nitrogen and oxygen atoms in total. The van der Waals surface area contributed by atoms with Crippen molar-refractivity contribution >= 4 is 23.3 Å². The van der Waals surface area contributed by atoms with Crippen LogP contribution in [0.4, 0.5) is 5.69 Å². The van der Waals surface area contributed by atoms with E-state index in [-0.39, 0.29) is 36.2 Å². The number of likely N-dealkylation sites (tertiary alicyclic amines) is 1. The number of benzene rings is 1. The fourth-order valence-corrected chi connectivity index (χ4v) is 6.24. The minimum absolute atomic E-state index is 0.0258. The van der Waals surface area contributed by atoms with Gasteiger partial charge in [0, 0.05) is 50.0 Å². The van der Waals surface area contributed by atoms with Gasteiger partial charge in [-0.3, -0.25) is 19.3 Å². The monoisotopic (exact) mass is 482 g/mol. The standard InChI is InChI=1S/C27H38N4O4/c1-18(2)29-13-15-30(16-14-29)21-9-7-20(8-10-21)26(33)28-24(19-5-3-4-6-19)27(34)31-12-11-23-25(31)22(32)17-35-23/h7-10,18-19,23-25H,3-6,11-17H2,1-2H3,(H,28,33)/t23-,24+,25-/m1/s1. The zero-order chi connectivity index (χ0) is 24.5. The van der Waals surface area contributed by atoms with Crippen LogP contribution < -0.4 is 10.2 Å². The summed E-state index contributed by atoms with van der Waals surface area (Å²) in [6.45, 7) is 9.08. The zero-order valence-corrected chi connectivity index (χ0v) is 20.9. The van der Waals surface area contributed by atoms with E-state index in [1.807, 2.05) is 24.3 Å². The summed E-state index contributed by atoms with van der Waals surface area (Å²) in [4.78, 5) is 45.7. The van der Waals surface area contributed by atoms with Crippen LogP contribution in [0, 0.1) is 5.92 Å². The summed E-state index contributed by atoms with van der Waals surface area (Å²) in [5.41, 5.74) is 1.68. The fraction of sp³-hybridized carbons (Fsp3) is 0.667. The highest BCUT2D eigenvalue weighted by Gasteiger charge is 2.49. The largest absolute Gasteiger partial charge is 0.369 e. The predicted octanol–water partition coefficient (Wildman–Crippen LogP) is 2.07. The van der Waals surface area contributed by atoms with Crippen molar-refractivity contribution in [3.63, 3.8) is 0 Å². The smallest absolute Gasteiger partial charge is 0.251 e. The number of ether oxygens (including phenoxy) is 1. The second-order valence-electron chi connectivity index (χ2n) is 10.7. The molecule has 5 rings (SSSR count). The molecule has 0 spiro atoms. The molecule has 0 radical (unpaired) electrons. The average molecular weight is 483 g/mol.